The average Bonchev–Trinajstić information content (AvgIpc) is 3.87. The van der Waals surface area contributed by atoms with Crippen molar-refractivity contribution in [1.82, 2.24) is 14.0 Å². The molecule has 282 valence electrons. The van der Waals surface area contributed by atoms with Crippen molar-refractivity contribution in [2.45, 2.75) is 43.6 Å². The van der Waals surface area contributed by atoms with E-state index in [1.165, 1.54) is 87.8 Å². The van der Waals surface area contributed by atoms with Gasteiger partial charge in [0.1, 0.15) is 0 Å². The maximum atomic E-state index is 5.86. The molecule has 0 fully saturated rings. The molecule has 0 amide bonds. The molecule has 4 unspecified atom stereocenters. The predicted octanol–water partition coefficient (Wildman–Crippen LogP) is 13.1. The van der Waals surface area contributed by atoms with Gasteiger partial charge in [-0.15, -0.1) is 0 Å². The van der Waals surface area contributed by atoms with Crippen LogP contribution in [-0.4, -0.2) is 26.8 Å². The molecular formula is C55H42N4. The summed E-state index contributed by atoms with van der Waals surface area (Å²) in [5.41, 5.74) is 13.7. The van der Waals surface area contributed by atoms with Crippen molar-refractivity contribution >= 4 is 72.1 Å². The number of likely N-dealkylation sites (N-methyl/N-ethyl adjacent to an activating group) is 1. The minimum atomic E-state index is -0.367. The zero-order valence-corrected chi connectivity index (χ0v) is 33.2. The van der Waals surface area contributed by atoms with Crippen LogP contribution in [0.15, 0.2) is 174 Å². The number of allylic oxidation sites excluding steroid dienone is 2. The highest BCUT2D eigenvalue weighted by atomic mass is 15.4. The molecule has 0 radical (unpaired) electrons. The largest absolute Gasteiger partial charge is 0.333 e. The summed E-state index contributed by atoms with van der Waals surface area (Å²) >= 11 is 0. The lowest BCUT2D eigenvalue weighted by Gasteiger charge is -2.41. The molecule has 0 N–H and O–H groups in total. The van der Waals surface area contributed by atoms with Crippen LogP contribution in [0.25, 0.3) is 66.4 Å². The van der Waals surface area contributed by atoms with Gasteiger partial charge in [0.15, 0.2) is 6.29 Å². The van der Waals surface area contributed by atoms with Crippen LogP contribution in [0.3, 0.4) is 0 Å². The van der Waals surface area contributed by atoms with E-state index in [0.717, 1.165) is 24.1 Å². The van der Waals surface area contributed by atoms with Gasteiger partial charge in [0.05, 0.1) is 28.3 Å². The number of nitrogens with zero attached hydrogens (tertiary/aromatic N) is 4. The summed E-state index contributed by atoms with van der Waals surface area (Å²) in [5, 5.41) is 8.90. The Labute approximate surface area is 343 Å². The molecule has 7 aromatic carbocycles. The number of hydrogen-bond donors (Lipinski definition) is 0. The van der Waals surface area contributed by atoms with Gasteiger partial charge in [0.25, 0.3) is 0 Å². The van der Waals surface area contributed by atoms with Crippen LogP contribution in [0.1, 0.15) is 65.1 Å². The number of rotatable bonds is 4. The molecule has 4 nitrogen and oxygen atoms in total. The van der Waals surface area contributed by atoms with Gasteiger partial charge in [-0.25, -0.2) is 9.89 Å². The average molecular weight is 759 g/mol. The lowest BCUT2D eigenvalue weighted by atomic mass is 9.87. The van der Waals surface area contributed by atoms with Crippen molar-refractivity contribution in [2.24, 2.45) is 4.99 Å². The summed E-state index contributed by atoms with van der Waals surface area (Å²) in [7, 11) is 2.28. The quantitative estimate of drug-likeness (QED) is 0.175. The first-order valence-corrected chi connectivity index (χ1v) is 21.1. The Bertz CT molecular complexity index is 3390. The number of para-hydroxylation sites is 1. The lowest BCUT2D eigenvalue weighted by molar-refractivity contribution is 0.117. The summed E-state index contributed by atoms with van der Waals surface area (Å²) in [5.74, 6) is 0.491. The van der Waals surface area contributed by atoms with Gasteiger partial charge in [-0.05, 0) is 82.4 Å². The summed E-state index contributed by atoms with van der Waals surface area (Å²) in [6.07, 6.45) is 13.7. The van der Waals surface area contributed by atoms with Crippen LogP contribution in [0.2, 0.25) is 0 Å². The Morgan fingerprint density at radius 3 is 2.22 bits per heavy atom. The number of fused-ring (bicyclic) bond motifs is 11. The van der Waals surface area contributed by atoms with E-state index in [0.29, 0.717) is 5.92 Å². The van der Waals surface area contributed by atoms with Crippen LogP contribution in [0.5, 0.6) is 0 Å². The molecule has 1 aliphatic heterocycles. The highest BCUT2D eigenvalue weighted by molar-refractivity contribution is 6.19. The SMILES string of the molecule is CC1CC=Cc2c1ccc1c3ccccc3n(C3C=Cc4c(n(C5N=C(c6ccc7ccccc7c6)C6=CC6(c6ccccc6)N5C)c5cc6ccccc6cc45)C3)c21. The lowest BCUT2D eigenvalue weighted by Crippen LogP contribution is -2.44. The molecule has 9 aromatic rings. The fraction of sp³-hybridized carbons (Fsp3) is 0.145. The zero-order valence-electron chi connectivity index (χ0n) is 33.2. The van der Waals surface area contributed by atoms with Crippen molar-refractivity contribution in [3.63, 3.8) is 0 Å². The highest BCUT2D eigenvalue weighted by Crippen LogP contribution is 2.57. The van der Waals surface area contributed by atoms with Crippen molar-refractivity contribution in [3.05, 3.63) is 203 Å². The van der Waals surface area contributed by atoms with E-state index >= 15 is 0 Å². The molecular weight excluding hydrogens is 717 g/mol. The number of aromatic nitrogens is 2. The van der Waals surface area contributed by atoms with Crippen molar-refractivity contribution in [3.8, 4) is 0 Å². The summed E-state index contributed by atoms with van der Waals surface area (Å²) < 4.78 is 5.26. The second-order valence-electron chi connectivity index (χ2n) is 17.2. The molecule has 4 aliphatic rings. The van der Waals surface area contributed by atoms with Crippen molar-refractivity contribution < 1.29 is 0 Å². The fourth-order valence-electron chi connectivity index (χ4n) is 11.1. The van der Waals surface area contributed by atoms with Gasteiger partial charge in [-0.3, -0.25) is 0 Å². The van der Waals surface area contributed by atoms with Crippen molar-refractivity contribution in [2.75, 3.05) is 7.05 Å². The number of hydrogen-bond acceptors (Lipinski definition) is 2. The van der Waals surface area contributed by atoms with Gasteiger partial charge in [-0.1, -0.05) is 153 Å². The van der Waals surface area contributed by atoms with Gasteiger partial charge < -0.3 is 9.13 Å². The van der Waals surface area contributed by atoms with Crippen LogP contribution in [0, 0.1) is 0 Å². The highest BCUT2D eigenvalue weighted by Gasteiger charge is 2.56. The molecule has 4 atom stereocenters. The van der Waals surface area contributed by atoms with E-state index < -0.39 is 0 Å². The minimum absolute atomic E-state index is 0.107. The maximum Gasteiger partial charge on any atom is 0.184 e. The van der Waals surface area contributed by atoms with E-state index in [4.69, 9.17) is 4.99 Å². The molecule has 0 spiro atoms. The molecule has 4 heteroatoms. The van der Waals surface area contributed by atoms with Crippen LogP contribution < -0.4 is 0 Å². The van der Waals surface area contributed by atoms with Crippen LogP contribution in [0.4, 0.5) is 0 Å². The number of benzene rings is 7. The Balaban J connectivity index is 1.06. The Morgan fingerprint density at radius 1 is 0.627 bits per heavy atom. The topological polar surface area (TPSA) is 25.5 Å². The second kappa shape index (κ2) is 12.1. The molecule has 0 bridgehead atoms. The zero-order chi connectivity index (χ0) is 39.0. The molecule has 59 heavy (non-hydrogen) atoms. The summed E-state index contributed by atoms with van der Waals surface area (Å²) in [6.45, 7) is 2.37. The van der Waals surface area contributed by atoms with Crippen LogP contribution >= 0.6 is 0 Å². The Kier molecular flexibility index (Phi) is 6.84. The third-order valence-corrected chi connectivity index (χ3v) is 14.0. The van der Waals surface area contributed by atoms with Gasteiger partial charge in [-0.2, -0.15) is 0 Å². The monoisotopic (exact) mass is 758 g/mol. The third-order valence-electron chi connectivity index (χ3n) is 14.0. The number of aliphatic imine (C=N–C) groups is 1. The van der Waals surface area contributed by atoms with Gasteiger partial charge in [0, 0.05) is 56.1 Å². The Morgan fingerprint density at radius 2 is 1.37 bits per heavy atom. The standard InChI is InChI=1S/C55H42N4/c1-34-13-12-21-45-42(34)27-28-46-43-20-10-11-22-49(43)58(53(45)46)41-25-26-44-47-30-37-16-8-9-17-38(37)31-50(47)59(51(44)32-41)54-56-52(39-24-23-35-14-6-7-15-36(35)29-39)48-33-55(48,57(54)2)40-18-4-3-5-19-40/h3-12,14-31,33-34,41,54H,13,32H2,1-2H3. The van der Waals surface area contributed by atoms with E-state index in [2.05, 4.69) is 204 Å². The van der Waals surface area contributed by atoms with E-state index in [-0.39, 0.29) is 17.9 Å². The molecule has 3 heterocycles. The normalized spacial score (nSPS) is 22.2. The predicted molar refractivity (Wildman–Crippen MR) is 246 cm³/mol. The minimum Gasteiger partial charge on any atom is -0.333 e. The summed E-state index contributed by atoms with van der Waals surface area (Å²) in [4.78, 5) is 8.39. The molecule has 13 rings (SSSR count). The van der Waals surface area contributed by atoms with E-state index in [9.17, 15) is 0 Å². The second-order valence-corrected chi connectivity index (χ2v) is 17.2. The maximum absolute atomic E-state index is 5.86. The first kappa shape index (κ1) is 33.2. The van der Waals surface area contributed by atoms with Gasteiger partial charge in [0.2, 0.25) is 0 Å². The van der Waals surface area contributed by atoms with E-state index in [1.54, 1.807) is 0 Å². The smallest absolute Gasteiger partial charge is 0.184 e. The first-order valence-electron chi connectivity index (χ1n) is 21.1. The molecule has 2 aromatic heterocycles. The van der Waals surface area contributed by atoms with Crippen molar-refractivity contribution in [1.29, 1.82) is 0 Å². The third kappa shape index (κ3) is 4.61. The molecule has 3 aliphatic carbocycles. The fourth-order valence-corrected chi connectivity index (χ4v) is 11.1. The Hall–Kier alpha value is -6.75. The summed E-state index contributed by atoms with van der Waals surface area (Å²) in [6, 6.07) is 54.1. The van der Waals surface area contributed by atoms with Gasteiger partial charge >= 0.3 is 0 Å². The first-order chi connectivity index (χ1) is 29.1. The molecule has 0 saturated heterocycles. The van der Waals surface area contributed by atoms with Crippen LogP contribution in [-0.2, 0) is 12.0 Å². The molecule has 0 saturated carbocycles. The van der Waals surface area contributed by atoms with E-state index in [1.807, 2.05) is 0 Å².